The number of thioether (sulfide) groups is 1. The van der Waals surface area contributed by atoms with Crippen molar-refractivity contribution in [1.29, 1.82) is 5.26 Å². The molecule has 2 aromatic carbocycles. The van der Waals surface area contributed by atoms with Crippen molar-refractivity contribution in [3.8, 4) is 6.07 Å². The van der Waals surface area contributed by atoms with Gasteiger partial charge in [-0.3, -0.25) is 0 Å². The molecule has 0 fully saturated rings. The van der Waals surface area contributed by atoms with Gasteiger partial charge in [-0.1, -0.05) is 18.2 Å². The van der Waals surface area contributed by atoms with E-state index in [1.807, 2.05) is 24.3 Å². The van der Waals surface area contributed by atoms with Crippen molar-refractivity contribution < 1.29 is 9.90 Å². The van der Waals surface area contributed by atoms with Gasteiger partial charge in [0, 0.05) is 10.6 Å². The van der Waals surface area contributed by atoms with E-state index < -0.39 is 5.97 Å². The Morgan fingerprint density at radius 1 is 1.25 bits per heavy atom. The minimum absolute atomic E-state index is 0.342. The quantitative estimate of drug-likeness (QED) is 0.866. The molecule has 0 aromatic heterocycles. The maximum absolute atomic E-state index is 11.1. The summed E-state index contributed by atoms with van der Waals surface area (Å²) in [6.45, 7) is 1.79. The molecular formula is C16H13NO2S. The summed E-state index contributed by atoms with van der Waals surface area (Å²) >= 11 is 1.58. The second kappa shape index (κ2) is 6.27. The molecule has 0 spiro atoms. The van der Waals surface area contributed by atoms with Gasteiger partial charge in [0.1, 0.15) is 0 Å². The molecule has 0 unspecified atom stereocenters. The average Bonchev–Trinajstić information content (AvgIpc) is 2.46. The first kappa shape index (κ1) is 14.2. The standard InChI is InChI=1S/C16H13NO2S/c1-11-2-7-14(8-15(11)16(18)19)20-10-13-5-3-12(9-17)4-6-13/h2-8H,10H2,1H3,(H,18,19). The largest absolute Gasteiger partial charge is 0.478 e. The molecule has 0 heterocycles. The molecule has 0 atom stereocenters. The zero-order valence-electron chi connectivity index (χ0n) is 11.0. The molecule has 0 amide bonds. The molecule has 2 rings (SSSR count). The van der Waals surface area contributed by atoms with Gasteiger partial charge in [-0.25, -0.2) is 4.79 Å². The highest BCUT2D eigenvalue weighted by molar-refractivity contribution is 7.98. The molecule has 0 saturated carbocycles. The SMILES string of the molecule is Cc1ccc(SCc2ccc(C#N)cc2)cc1C(=O)O. The normalized spacial score (nSPS) is 10.0. The van der Waals surface area contributed by atoms with Gasteiger partial charge < -0.3 is 5.11 Å². The van der Waals surface area contributed by atoms with Crippen LogP contribution in [-0.4, -0.2) is 11.1 Å². The molecule has 1 N–H and O–H groups in total. The van der Waals surface area contributed by atoms with Crippen molar-refractivity contribution >= 4 is 17.7 Å². The summed E-state index contributed by atoms with van der Waals surface area (Å²) in [7, 11) is 0. The Kier molecular flexibility index (Phi) is 4.44. The summed E-state index contributed by atoms with van der Waals surface area (Å²) in [5.41, 5.74) is 2.85. The zero-order valence-corrected chi connectivity index (χ0v) is 11.8. The van der Waals surface area contributed by atoms with Crippen molar-refractivity contribution in [3.63, 3.8) is 0 Å². The van der Waals surface area contributed by atoms with E-state index in [0.717, 1.165) is 21.8 Å². The number of carboxylic acids is 1. The lowest BCUT2D eigenvalue weighted by Gasteiger charge is -2.06. The highest BCUT2D eigenvalue weighted by Gasteiger charge is 2.08. The maximum atomic E-state index is 11.1. The molecule has 4 heteroatoms. The third-order valence-electron chi connectivity index (χ3n) is 2.93. The number of hydrogen-bond donors (Lipinski definition) is 1. The van der Waals surface area contributed by atoms with E-state index in [2.05, 4.69) is 6.07 Å². The highest BCUT2D eigenvalue weighted by atomic mass is 32.2. The van der Waals surface area contributed by atoms with Crippen LogP contribution in [-0.2, 0) is 5.75 Å². The summed E-state index contributed by atoms with van der Waals surface area (Å²) in [4.78, 5) is 12.0. The van der Waals surface area contributed by atoms with Gasteiger partial charge >= 0.3 is 5.97 Å². The number of aryl methyl sites for hydroxylation is 1. The molecule has 20 heavy (non-hydrogen) atoms. The predicted molar refractivity (Wildman–Crippen MR) is 78.9 cm³/mol. The van der Waals surface area contributed by atoms with Crippen LogP contribution in [0.2, 0.25) is 0 Å². The van der Waals surface area contributed by atoms with Gasteiger partial charge in [0.2, 0.25) is 0 Å². The first-order chi connectivity index (χ1) is 9.60. The molecule has 0 aliphatic carbocycles. The number of carboxylic acid groups (broad SMARTS) is 1. The van der Waals surface area contributed by atoms with Gasteiger partial charge in [-0.15, -0.1) is 11.8 Å². The lowest BCUT2D eigenvalue weighted by Crippen LogP contribution is -1.99. The van der Waals surface area contributed by atoms with Crippen molar-refractivity contribution in [2.75, 3.05) is 0 Å². The predicted octanol–water partition coefficient (Wildman–Crippen LogP) is 3.86. The Bertz CT molecular complexity index is 672. The summed E-state index contributed by atoms with van der Waals surface area (Å²) in [6.07, 6.45) is 0. The molecule has 0 aliphatic heterocycles. The monoisotopic (exact) mass is 283 g/mol. The number of nitrogens with zero attached hydrogens (tertiary/aromatic N) is 1. The van der Waals surface area contributed by atoms with Crippen LogP contribution in [0.1, 0.15) is 27.0 Å². The Morgan fingerprint density at radius 3 is 2.55 bits per heavy atom. The summed E-state index contributed by atoms with van der Waals surface area (Å²) < 4.78 is 0. The van der Waals surface area contributed by atoms with E-state index in [4.69, 9.17) is 10.4 Å². The fourth-order valence-corrected chi connectivity index (χ4v) is 2.65. The minimum Gasteiger partial charge on any atom is -0.478 e. The van der Waals surface area contributed by atoms with Gasteiger partial charge in [0.05, 0.1) is 17.2 Å². The van der Waals surface area contributed by atoms with Crippen LogP contribution in [0.15, 0.2) is 47.4 Å². The third kappa shape index (κ3) is 3.40. The van der Waals surface area contributed by atoms with Gasteiger partial charge in [0.25, 0.3) is 0 Å². The van der Waals surface area contributed by atoms with E-state index in [1.165, 1.54) is 0 Å². The molecule has 0 bridgehead atoms. The van der Waals surface area contributed by atoms with Crippen molar-refractivity contribution in [2.24, 2.45) is 0 Å². The lowest BCUT2D eigenvalue weighted by molar-refractivity contribution is 0.0696. The van der Waals surface area contributed by atoms with Crippen LogP contribution in [0, 0.1) is 18.3 Å². The van der Waals surface area contributed by atoms with Gasteiger partial charge in [-0.2, -0.15) is 5.26 Å². The molecule has 0 aliphatic rings. The van der Waals surface area contributed by atoms with Gasteiger partial charge in [-0.05, 0) is 42.3 Å². The number of rotatable bonds is 4. The van der Waals surface area contributed by atoms with E-state index in [9.17, 15) is 4.79 Å². The highest BCUT2D eigenvalue weighted by Crippen LogP contribution is 2.25. The van der Waals surface area contributed by atoms with Crippen LogP contribution in [0.25, 0.3) is 0 Å². The fraction of sp³-hybridized carbons (Fsp3) is 0.125. The number of nitriles is 1. The molecule has 0 saturated heterocycles. The van der Waals surface area contributed by atoms with Crippen molar-refractivity contribution in [2.45, 2.75) is 17.6 Å². The summed E-state index contributed by atoms with van der Waals surface area (Å²) in [5.74, 6) is -0.156. The lowest BCUT2D eigenvalue weighted by atomic mass is 10.1. The number of carbonyl (C=O) groups is 1. The Balaban J connectivity index is 2.09. The Labute approximate surface area is 121 Å². The molecule has 100 valence electrons. The smallest absolute Gasteiger partial charge is 0.335 e. The van der Waals surface area contributed by atoms with E-state index in [1.54, 1.807) is 36.9 Å². The number of aromatic carboxylic acids is 1. The zero-order chi connectivity index (χ0) is 14.5. The van der Waals surface area contributed by atoms with Gasteiger partial charge in [0.15, 0.2) is 0 Å². The summed E-state index contributed by atoms with van der Waals surface area (Å²) in [5, 5.41) is 17.8. The van der Waals surface area contributed by atoms with Crippen molar-refractivity contribution in [1.82, 2.24) is 0 Å². The average molecular weight is 283 g/mol. The van der Waals surface area contributed by atoms with Crippen molar-refractivity contribution in [3.05, 3.63) is 64.7 Å². The number of benzene rings is 2. The van der Waals surface area contributed by atoms with E-state index >= 15 is 0 Å². The maximum Gasteiger partial charge on any atom is 0.335 e. The van der Waals surface area contributed by atoms with Crippen LogP contribution < -0.4 is 0 Å². The fourth-order valence-electron chi connectivity index (χ4n) is 1.76. The third-order valence-corrected chi connectivity index (χ3v) is 3.99. The molecular weight excluding hydrogens is 270 g/mol. The second-order valence-corrected chi connectivity index (χ2v) is 5.43. The minimum atomic E-state index is -0.900. The van der Waals surface area contributed by atoms with Crippen LogP contribution >= 0.6 is 11.8 Å². The first-order valence-corrected chi connectivity index (χ1v) is 7.04. The van der Waals surface area contributed by atoms with Crippen LogP contribution in [0.4, 0.5) is 0 Å². The Hall–Kier alpha value is -2.25. The molecule has 2 aromatic rings. The van der Waals surface area contributed by atoms with Crippen LogP contribution in [0.5, 0.6) is 0 Å². The first-order valence-electron chi connectivity index (χ1n) is 6.06. The Morgan fingerprint density at radius 2 is 1.95 bits per heavy atom. The summed E-state index contributed by atoms with van der Waals surface area (Å²) in [6, 6.07) is 14.9. The molecule has 3 nitrogen and oxygen atoms in total. The van der Waals surface area contributed by atoms with Crippen LogP contribution in [0.3, 0.4) is 0 Å². The number of hydrogen-bond acceptors (Lipinski definition) is 3. The van der Waals surface area contributed by atoms with E-state index in [-0.39, 0.29) is 0 Å². The topological polar surface area (TPSA) is 61.1 Å². The molecule has 0 radical (unpaired) electrons. The second-order valence-electron chi connectivity index (χ2n) is 4.38. The van der Waals surface area contributed by atoms with E-state index in [0.29, 0.717) is 11.1 Å².